The maximum atomic E-state index is 11.4. The molecule has 0 bridgehead atoms. The number of hydrogen-bond acceptors (Lipinski definition) is 3. The Morgan fingerprint density at radius 2 is 1.85 bits per heavy atom. The predicted octanol–water partition coefficient (Wildman–Crippen LogP) is 2.67. The van der Waals surface area contributed by atoms with E-state index in [9.17, 15) is 4.79 Å². The number of esters is 1. The van der Waals surface area contributed by atoms with Gasteiger partial charge < -0.3 is 4.74 Å². The van der Waals surface area contributed by atoms with Crippen LogP contribution in [-0.2, 0) is 9.53 Å². The first-order valence-corrected chi connectivity index (χ1v) is 5.15. The minimum Gasteiger partial charge on any atom is -0.459 e. The average Bonchev–Trinajstić information content (AvgIpc) is 1.81. The second-order valence-electron chi connectivity index (χ2n) is 4.68. The summed E-state index contributed by atoms with van der Waals surface area (Å²) in [4.78, 5) is 11.4. The van der Waals surface area contributed by atoms with E-state index in [1.807, 2.05) is 20.8 Å². The van der Waals surface area contributed by atoms with Crippen molar-refractivity contribution in [3.8, 4) is 0 Å². The maximum Gasteiger partial charge on any atom is 0.319 e. The zero-order valence-electron chi connectivity index (χ0n) is 9.13. The summed E-state index contributed by atoms with van der Waals surface area (Å²) in [7, 11) is 0. The van der Waals surface area contributed by atoms with E-state index in [0.29, 0.717) is 5.92 Å². The van der Waals surface area contributed by atoms with E-state index in [0.717, 1.165) is 6.42 Å². The van der Waals surface area contributed by atoms with E-state index in [2.05, 4.69) is 26.5 Å². The van der Waals surface area contributed by atoms with Gasteiger partial charge in [0.05, 0.1) is 5.25 Å². The lowest BCUT2D eigenvalue weighted by molar-refractivity contribution is -0.154. The summed E-state index contributed by atoms with van der Waals surface area (Å²) in [6, 6.07) is 0. The normalized spacial score (nSPS) is 14.4. The summed E-state index contributed by atoms with van der Waals surface area (Å²) in [5.74, 6) is 0.250. The smallest absolute Gasteiger partial charge is 0.319 e. The van der Waals surface area contributed by atoms with Gasteiger partial charge in [-0.2, -0.15) is 12.6 Å². The number of rotatable bonds is 3. The Hall–Kier alpha value is -0.180. The summed E-state index contributed by atoms with van der Waals surface area (Å²) < 4.78 is 5.19. The van der Waals surface area contributed by atoms with E-state index in [4.69, 9.17) is 4.74 Å². The molecule has 0 N–H and O–H groups in total. The van der Waals surface area contributed by atoms with Crippen molar-refractivity contribution in [2.45, 2.75) is 51.9 Å². The molecular weight excluding hydrogens is 184 g/mol. The number of carbonyl (C=O) groups excluding carboxylic acids is 1. The lowest BCUT2D eigenvalue weighted by Gasteiger charge is -2.22. The van der Waals surface area contributed by atoms with Crippen molar-refractivity contribution < 1.29 is 9.53 Å². The van der Waals surface area contributed by atoms with Gasteiger partial charge in [0.25, 0.3) is 0 Å². The highest BCUT2D eigenvalue weighted by atomic mass is 32.1. The maximum absolute atomic E-state index is 11.4. The van der Waals surface area contributed by atoms with E-state index in [1.54, 1.807) is 0 Å². The van der Waals surface area contributed by atoms with Gasteiger partial charge in [-0.1, -0.05) is 13.8 Å². The van der Waals surface area contributed by atoms with Gasteiger partial charge in [0.2, 0.25) is 0 Å². The molecule has 0 saturated carbocycles. The molecule has 0 saturated heterocycles. The topological polar surface area (TPSA) is 26.3 Å². The van der Waals surface area contributed by atoms with Gasteiger partial charge >= 0.3 is 5.97 Å². The molecule has 0 spiro atoms. The fraction of sp³-hybridized carbons (Fsp3) is 0.900. The molecule has 2 nitrogen and oxygen atoms in total. The summed E-state index contributed by atoms with van der Waals surface area (Å²) in [6.07, 6.45) is 0.762. The molecule has 0 aromatic rings. The Labute approximate surface area is 86.5 Å². The third kappa shape index (κ3) is 6.94. The van der Waals surface area contributed by atoms with Gasteiger partial charge in [0.1, 0.15) is 5.60 Å². The van der Waals surface area contributed by atoms with Crippen LogP contribution in [0.4, 0.5) is 0 Å². The fourth-order valence-corrected chi connectivity index (χ4v) is 1.39. The molecular formula is C10H20O2S. The SMILES string of the molecule is CC(C)CC(S)C(=O)OC(C)(C)C. The van der Waals surface area contributed by atoms with Gasteiger partial charge in [0, 0.05) is 0 Å². The monoisotopic (exact) mass is 204 g/mol. The molecule has 0 aliphatic rings. The van der Waals surface area contributed by atoms with Crippen LogP contribution in [0.2, 0.25) is 0 Å². The molecule has 0 aliphatic heterocycles. The fourth-order valence-electron chi connectivity index (χ4n) is 0.913. The van der Waals surface area contributed by atoms with Crippen molar-refractivity contribution in [3.05, 3.63) is 0 Å². The average molecular weight is 204 g/mol. The zero-order chi connectivity index (χ0) is 10.6. The minimum absolute atomic E-state index is 0.218. The highest BCUT2D eigenvalue weighted by molar-refractivity contribution is 7.81. The van der Waals surface area contributed by atoms with Crippen molar-refractivity contribution >= 4 is 18.6 Å². The first-order chi connectivity index (χ1) is 5.72. The zero-order valence-corrected chi connectivity index (χ0v) is 10.0. The first kappa shape index (κ1) is 12.8. The van der Waals surface area contributed by atoms with Gasteiger partial charge in [-0.05, 0) is 33.1 Å². The summed E-state index contributed by atoms with van der Waals surface area (Å²) in [5.41, 5.74) is -0.408. The number of hydrogen-bond donors (Lipinski definition) is 1. The summed E-state index contributed by atoms with van der Waals surface area (Å²) >= 11 is 4.20. The van der Waals surface area contributed by atoms with Crippen LogP contribution in [0, 0.1) is 5.92 Å². The van der Waals surface area contributed by atoms with E-state index in [1.165, 1.54) is 0 Å². The van der Waals surface area contributed by atoms with Crippen LogP contribution in [0.15, 0.2) is 0 Å². The number of ether oxygens (including phenoxy) is 1. The van der Waals surface area contributed by atoms with Crippen molar-refractivity contribution in [1.82, 2.24) is 0 Å². The van der Waals surface area contributed by atoms with Crippen LogP contribution < -0.4 is 0 Å². The molecule has 13 heavy (non-hydrogen) atoms. The standard InChI is InChI=1S/C10H20O2S/c1-7(2)6-8(13)9(11)12-10(3,4)5/h7-8,13H,6H2,1-5H3. The first-order valence-electron chi connectivity index (χ1n) is 4.63. The largest absolute Gasteiger partial charge is 0.459 e. The summed E-state index contributed by atoms with van der Waals surface area (Å²) in [6.45, 7) is 9.71. The van der Waals surface area contributed by atoms with Gasteiger partial charge in [-0.3, -0.25) is 4.79 Å². The molecule has 0 heterocycles. The highest BCUT2D eigenvalue weighted by Crippen LogP contribution is 2.15. The number of thiol groups is 1. The minimum atomic E-state index is -0.408. The Morgan fingerprint density at radius 1 is 1.38 bits per heavy atom. The quantitative estimate of drug-likeness (QED) is 0.565. The molecule has 3 heteroatoms. The lowest BCUT2D eigenvalue weighted by atomic mass is 10.1. The molecule has 1 atom stereocenters. The van der Waals surface area contributed by atoms with Gasteiger partial charge in [-0.25, -0.2) is 0 Å². The molecule has 0 aromatic carbocycles. The third-order valence-electron chi connectivity index (χ3n) is 1.37. The molecule has 1 unspecified atom stereocenters. The van der Waals surface area contributed by atoms with Crippen molar-refractivity contribution in [2.24, 2.45) is 5.92 Å². The Bertz CT molecular complexity index is 170. The van der Waals surface area contributed by atoms with Crippen LogP contribution in [0.1, 0.15) is 41.0 Å². The molecule has 0 rings (SSSR count). The second-order valence-corrected chi connectivity index (χ2v) is 5.30. The van der Waals surface area contributed by atoms with Gasteiger partial charge in [0.15, 0.2) is 0 Å². The van der Waals surface area contributed by atoms with E-state index in [-0.39, 0.29) is 11.2 Å². The highest BCUT2D eigenvalue weighted by Gasteiger charge is 2.22. The van der Waals surface area contributed by atoms with E-state index >= 15 is 0 Å². The third-order valence-corrected chi connectivity index (χ3v) is 1.80. The van der Waals surface area contributed by atoms with Crippen LogP contribution in [-0.4, -0.2) is 16.8 Å². The number of carbonyl (C=O) groups is 1. The van der Waals surface area contributed by atoms with Crippen LogP contribution in [0.3, 0.4) is 0 Å². The molecule has 0 amide bonds. The summed E-state index contributed by atoms with van der Waals surface area (Å²) in [5, 5.41) is -0.292. The Kier molecular flexibility index (Phi) is 4.82. The second kappa shape index (κ2) is 4.89. The molecule has 78 valence electrons. The van der Waals surface area contributed by atoms with Crippen molar-refractivity contribution in [2.75, 3.05) is 0 Å². The molecule has 0 fully saturated rings. The lowest BCUT2D eigenvalue weighted by Crippen LogP contribution is -2.29. The predicted molar refractivity (Wildman–Crippen MR) is 58.1 cm³/mol. The van der Waals surface area contributed by atoms with Crippen LogP contribution >= 0.6 is 12.6 Å². The Morgan fingerprint density at radius 3 is 2.15 bits per heavy atom. The molecule has 0 aliphatic carbocycles. The van der Waals surface area contributed by atoms with Gasteiger partial charge in [-0.15, -0.1) is 0 Å². The van der Waals surface area contributed by atoms with Crippen molar-refractivity contribution in [1.29, 1.82) is 0 Å². The molecule has 0 aromatic heterocycles. The Balaban J connectivity index is 3.97. The molecule has 0 radical (unpaired) electrons. The van der Waals surface area contributed by atoms with Crippen LogP contribution in [0.5, 0.6) is 0 Å². The van der Waals surface area contributed by atoms with Crippen LogP contribution in [0.25, 0.3) is 0 Å². The van der Waals surface area contributed by atoms with Crippen molar-refractivity contribution in [3.63, 3.8) is 0 Å². The van der Waals surface area contributed by atoms with E-state index < -0.39 is 5.60 Å².